The van der Waals surface area contributed by atoms with E-state index in [-0.39, 0.29) is 20.7 Å². The van der Waals surface area contributed by atoms with Crippen LogP contribution in [0.2, 0.25) is 0 Å². The molecule has 20 heavy (non-hydrogen) atoms. The van der Waals surface area contributed by atoms with Crippen molar-refractivity contribution in [3.05, 3.63) is 44.6 Å². The highest BCUT2D eigenvalue weighted by molar-refractivity contribution is 9.10. The fraction of sp³-hybridized carbons (Fsp3) is 0.0833. The lowest BCUT2D eigenvalue weighted by molar-refractivity contribution is -0.136. The lowest BCUT2D eigenvalue weighted by atomic mass is 10.1. The van der Waals surface area contributed by atoms with Gasteiger partial charge in [0.1, 0.15) is 4.88 Å². The summed E-state index contributed by atoms with van der Waals surface area (Å²) >= 11 is 4.04. The third kappa shape index (κ3) is 3.13. The van der Waals surface area contributed by atoms with Crippen LogP contribution in [0, 0.1) is 0 Å². The van der Waals surface area contributed by atoms with Crippen LogP contribution in [-0.4, -0.2) is 5.91 Å². The molecule has 3 nitrogen and oxygen atoms in total. The summed E-state index contributed by atoms with van der Waals surface area (Å²) in [7, 11) is 0. The van der Waals surface area contributed by atoms with Gasteiger partial charge in [-0.25, -0.2) is 0 Å². The number of hydrogen-bond donors (Lipinski definition) is 2. The first-order chi connectivity index (χ1) is 9.29. The predicted octanol–water partition coefficient (Wildman–Crippen LogP) is 4.36. The van der Waals surface area contributed by atoms with Crippen LogP contribution >= 0.6 is 27.3 Å². The number of halogens is 4. The fourth-order valence-electron chi connectivity index (χ4n) is 1.54. The van der Waals surface area contributed by atoms with Crippen LogP contribution < -0.4 is 11.1 Å². The molecule has 1 aromatic heterocycles. The van der Waals surface area contributed by atoms with Gasteiger partial charge in [0.2, 0.25) is 0 Å². The highest BCUT2D eigenvalue weighted by Gasteiger charge is 2.34. The number of rotatable bonds is 2. The molecule has 1 aromatic carbocycles. The van der Waals surface area contributed by atoms with E-state index in [0.29, 0.717) is 0 Å². The SMILES string of the molecule is Nc1ccsc1C(=O)Nc1ccc(Br)cc1C(F)(F)F. The number of alkyl halides is 3. The lowest BCUT2D eigenvalue weighted by Gasteiger charge is -2.14. The van der Waals surface area contributed by atoms with Crippen molar-refractivity contribution in [2.45, 2.75) is 6.18 Å². The van der Waals surface area contributed by atoms with Crippen molar-refractivity contribution < 1.29 is 18.0 Å². The van der Waals surface area contributed by atoms with Crippen molar-refractivity contribution in [1.29, 1.82) is 0 Å². The standard InChI is InChI=1S/C12H8BrF3N2OS/c13-6-1-2-9(7(5-6)12(14,15)16)18-11(19)10-8(17)3-4-20-10/h1-5H,17H2,(H,18,19). The van der Waals surface area contributed by atoms with Crippen molar-refractivity contribution in [1.82, 2.24) is 0 Å². The molecular formula is C12H8BrF3N2OS. The molecule has 0 radical (unpaired) electrons. The van der Waals surface area contributed by atoms with Gasteiger partial charge in [0.25, 0.3) is 5.91 Å². The van der Waals surface area contributed by atoms with Crippen molar-refractivity contribution >= 4 is 44.5 Å². The van der Waals surface area contributed by atoms with Gasteiger partial charge in [-0.3, -0.25) is 4.79 Å². The maximum absolute atomic E-state index is 12.9. The second-order valence-corrected chi connectivity index (χ2v) is 5.68. The summed E-state index contributed by atoms with van der Waals surface area (Å²) in [4.78, 5) is 12.1. The average Bonchev–Trinajstić information content (AvgIpc) is 2.76. The maximum Gasteiger partial charge on any atom is 0.418 e. The van der Waals surface area contributed by atoms with E-state index in [9.17, 15) is 18.0 Å². The van der Waals surface area contributed by atoms with Crippen LogP contribution in [0.1, 0.15) is 15.2 Å². The zero-order valence-electron chi connectivity index (χ0n) is 9.79. The maximum atomic E-state index is 12.9. The minimum Gasteiger partial charge on any atom is -0.397 e. The van der Waals surface area contributed by atoms with Gasteiger partial charge in [-0.1, -0.05) is 15.9 Å². The number of thiophene rings is 1. The summed E-state index contributed by atoms with van der Waals surface area (Å²) in [5.74, 6) is -0.662. The summed E-state index contributed by atoms with van der Waals surface area (Å²) in [5, 5.41) is 3.83. The molecule has 1 amide bonds. The Labute approximate surface area is 124 Å². The number of benzene rings is 1. The first-order valence-electron chi connectivity index (χ1n) is 5.30. The highest BCUT2D eigenvalue weighted by Crippen LogP contribution is 2.37. The molecule has 0 aliphatic heterocycles. The predicted molar refractivity (Wildman–Crippen MR) is 75.8 cm³/mol. The largest absolute Gasteiger partial charge is 0.418 e. The number of hydrogen-bond acceptors (Lipinski definition) is 3. The van der Waals surface area contributed by atoms with Crippen LogP contribution in [0.25, 0.3) is 0 Å². The van der Waals surface area contributed by atoms with E-state index in [2.05, 4.69) is 21.2 Å². The molecule has 1 heterocycles. The van der Waals surface area contributed by atoms with Gasteiger partial charge in [0, 0.05) is 4.47 Å². The minimum absolute atomic E-state index is 0.182. The second kappa shape index (κ2) is 5.45. The molecular weight excluding hydrogens is 357 g/mol. The smallest absolute Gasteiger partial charge is 0.397 e. The van der Waals surface area contributed by atoms with E-state index >= 15 is 0 Å². The molecule has 2 rings (SSSR count). The summed E-state index contributed by atoms with van der Waals surface area (Å²) in [6, 6.07) is 5.04. The Morgan fingerprint density at radius 3 is 2.55 bits per heavy atom. The van der Waals surface area contributed by atoms with Crippen LogP contribution in [0.3, 0.4) is 0 Å². The number of nitrogen functional groups attached to an aromatic ring is 1. The molecule has 0 saturated carbocycles. The Morgan fingerprint density at radius 2 is 2.00 bits per heavy atom. The molecule has 2 aromatic rings. The Kier molecular flexibility index (Phi) is 4.05. The van der Waals surface area contributed by atoms with Crippen molar-refractivity contribution in [3.63, 3.8) is 0 Å². The second-order valence-electron chi connectivity index (χ2n) is 3.85. The third-order valence-electron chi connectivity index (χ3n) is 2.44. The van der Waals surface area contributed by atoms with E-state index < -0.39 is 17.6 Å². The summed E-state index contributed by atoms with van der Waals surface area (Å²) in [6.45, 7) is 0. The van der Waals surface area contributed by atoms with Crippen LogP contribution in [0.15, 0.2) is 34.1 Å². The molecule has 0 bridgehead atoms. The van der Waals surface area contributed by atoms with Gasteiger partial charge in [0.05, 0.1) is 16.9 Å². The average molecular weight is 365 g/mol. The van der Waals surface area contributed by atoms with Crippen molar-refractivity contribution in [3.8, 4) is 0 Å². The topological polar surface area (TPSA) is 55.1 Å². The number of nitrogens with two attached hydrogens (primary N) is 1. The number of carbonyl (C=O) groups is 1. The molecule has 0 fully saturated rings. The van der Waals surface area contributed by atoms with Gasteiger partial charge in [-0.05, 0) is 29.6 Å². The molecule has 0 atom stereocenters. The zero-order chi connectivity index (χ0) is 14.9. The van der Waals surface area contributed by atoms with Gasteiger partial charge >= 0.3 is 6.18 Å². The molecule has 0 aliphatic carbocycles. The Bertz CT molecular complexity index is 654. The van der Waals surface area contributed by atoms with Crippen LogP contribution in [-0.2, 0) is 6.18 Å². The number of nitrogens with one attached hydrogen (secondary N) is 1. The normalized spacial score (nSPS) is 11.4. The zero-order valence-corrected chi connectivity index (χ0v) is 12.2. The first kappa shape index (κ1) is 14.9. The number of carbonyl (C=O) groups excluding carboxylic acids is 1. The summed E-state index contributed by atoms with van der Waals surface area (Å²) < 4.78 is 39.0. The monoisotopic (exact) mass is 364 g/mol. The van der Waals surface area contributed by atoms with E-state index in [1.807, 2.05) is 0 Å². The van der Waals surface area contributed by atoms with Gasteiger partial charge in [0.15, 0.2) is 0 Å². The molecule has 0 aliphatic rings. The van der Waals surface area contributed by atoms with E-state index in [1.54, 1.807) is 5.38 Å². The number of amides is 1. The van der Waals surface area contributed by atoms with Crippen LogP contribution in [0.5, 0.6) is 0 Å². The first-order valence-corrected chi connectivity index (χ1v) is 6.97. The third-order valence-corrected chi connectivity index (χ3v) is 3.86. The molecule has 0 unspecified atom stereocenters. The van der Waals surface area contributed by atoms with Crippen molar-refractivity contribution in [2.75, 3.05) is 11.1 Å². The molecule has 0 saturated heterocycles. The van der Waals surface area contributed by atoms with Crippen molar-refractivity contribution in [2.24, 2.45) is 0 Å². The molecule has 8 heteroatoms. The van der Waals surface area contributed by atoms with Gasteiger partial charge in [-0.2, -0.15) is 13.2 Å². The Hall–Kier alpha value is -1.54. The lowest BCUT2D eigenvalue weighted by Crippen LogP contribution is -2.16. The summed E-state index contributed by atoms with van der Waals surface area (Å²) in [6.07, 6.45) is -4.56. The molecule has 0 spiro atoms. The van der Waals surface area contributed by atoms with Crippen LogP contribution in [0.4, 0.5) is 24.5 Å². The fourth-order valence-corrected chi connectivity index (χ4v) is 2.62. The van der Waals surface area contributed by atoms with Gasteiger partial charge in [-0.15, -0.1) is 11.3 Å². The summed E-state index contributed by atoms with van der Waals surface area (Å²) in [5.41, 5.74) is 4.57. The quantitative estimate of drug-likeness (QED) is 0.831. The molecule has 106 valence electrons. The number of anilines is 2. The van der Waals surface area contributed by atoms with E-state index in [4.69, 9.17) is 5.73 Å². The van der Waals surface area contributed by atoms with Gasteiger partial charge < -0.3 is 11.1 Å². The molecule has 3 N–H and O–H groups in total. The Balaban J connectivity index is 2.35. The highest BCUT2D eigenvalue weighted by atomic mass is 79.9. The van der Waals surface area contributed by atoms with E-state index in [0.717, 1.165) is 17.4 Å². The Morgan fingerprint density at radius 1 is 1.30 bits per heavy atom. The minimum atomic E-state index is -4.56. The van der Waals surface area contributed by atoms with E-state index in [1.165, 1.54) is 18.2 Å².